The van der Waals surface area contributed by atoms with Crippen LogP contribution in [0.3, 0.4) is 0 Å². The summed E-state index contributed by atoms with van der Waals surface area (Å²) in [6.07, 6.45) is 3.59. The number of pyridine rings is 1. The van der Waals surface area contributed by atoms with Crippen LogP contribution in [0.1, 0.15) is 36.2 Å². The summed E-state index contributed by atoms with van der Waals surface area (Å²) in [7, 11) is 0. The zero-order valence-corrected chi connectivity index (χ0v) is 12.3. The molecule has 22 heavy (non-hydrogen) atoms. The number of hydrogen-bond acceptors (Lipinski definition) is 3. The lowest BCUT2D eigenvalue weighted by Crippen LogP contribution is -2.38. The molecule has 0 radical (unpaired) electrons. The number of aromatic nitrogens is 1. The lowest BCUT2D eigenvalue weighted by molar-refractivity contribution is 0.0909. The Labute approximate surface area is 128 Å². The molecule has 1 amide bonds. The second kappa shape index (κ2) is 6.32. The van der Waals surface area contributed by atoms with Gasteiger partial charge < -0.3 is 15.4 Å². The smallest absolute Gasteiger partial charge is 0.268 e. The Morgan fingerprint density at radius 3 is 2.68 bits per heavy atom. The van der Waals surface area contributed by atoms with Crippen LogP contribution in [0, 0.1) is 5.92 Å². The maximum Gasteiger partial charge on any atom is 0.268 e. The minimum Gasteiger partial charge on any atom is -0.396 e. The minimum atomic E-state index is -0.243. The topological polar surface area (TPSA) is 82.2 Å². The van der Waals surface area contributed by atoms with Crippen LogP contribution < -0.4 is 10.9 Å². The van der Waals surface area contributed by atoms with Crippen molar-refractivity contribution in [1.82, 2.24) is 10.3 Å². The van der Waals surface area contributed by atoms with Gasteiger partial charge in [0.05, 0.1) is 0 Å². The van der Waals surface area contributed by atoms with Crippen molar-refractivity contribution in [2.45, 2.75) is 31.7 Å². The highest BCUT2D eigenvalue weighted by Gasteiger charge is 2.22. The van der Waals surface area contributed by atoms with E-state index in [1.165, 1.54) is 0 Å². The van der Waals surface area contributed by atoms with Crippen molar-refractivity contribution >= 4 is 16.7 Å². The molecule has 0 spiro atoms. The van der Waals surface area contributed by atoms with Crippen LogP contribution in [0.15, 0.2) is 35.1 Å². The van der Waals surface area contributed by atoms with Crippen molar-refractivity contribution in [2.24, 2.45) is 5.92 Å². The molecule has 0 aliphatic heterocycles. The summed E-state index contributed by atoms with van der Waals surface area (Å²) < 4.78 is 0. The summed E-state index contributed by atoms with van der Waals surface area (Å²) in [6.45, 7) is 0.221. The van der Waals surface area contributed by atoms with Crippen molar-refractivity contribution in [1.29, 1.82) is 0 Å². The normalized spacial score (nSPS) is 21.7. The fraction of sp³-hybridized carbons (Fsp3) is 0.412. The maximum atomic E-state index is 12.3. The lowest BCUT2D eigenvalue weighted by atomic mass is 9.86. The van der Waals surface area contributed by atoms with E-state index in [0.29, 0.717) is 17.0 Å². The Morgan fingerprint density at radius 1 is 1.23 bits per heavy atom. The Bertz CT molecular complexity index is 730. The molecule has 5 nitrogen and oxygen atoms in total. The van der Waals surface area contributed by atoms with Crippen LogP contribution in [-0.4, -0.2) is 28.6 Å². The number of nitrogens with one attached hydrogen (secondary N) is 2. The number of aromatic amines is 1. The molecule has 0 unspecified atom stereocenters. The van der Waals surface area contributed by atoms with Gasteiger partial charge in [0.15, 0.2) is 0 Å². The van der Waals surface area contributed by atoms with E-state index in [1.54, 1.807) is 18.2 Å². The standard InChI is InChI=1S/C17H20N2O3/c20-10-11-5-7-13(8-6-11)18-17(22)15-9-12-3-1-2-4-14(12)16(21)19-15/h1-4,9,11,13,20H,5-8,10H2,(H,18,22)(H,19,21). The molecule has 3 N–H and O–H groups in total. The number of benzene rings is 1. The highest BCUT2D eigenvalue weighted by atomic mass is 16.3. The van der Waals surface area contributed by atoms with Gasteiger partial charge in [0.25, 0.3) is 11.5 Å². The molecular formula is C17H20N2O3. The SMILES string of the molecule is O=C(NC1CCC(CO)CC1)c1cc2ccccc2c(=O)[nH]1. The van der Waals surface area contributed by atoms with Gasteiger partial charge in [0, 0.05) is 18.0 Å². The van der Waals surface area contributed by atoms with Crippen LogP contribution in [0.2, 0.25) is 0 Å². The van der Waals surface area contributed by atoms with E-state index in [-0.39, 0.29) is 24.1 Å². The Hall–Kier alpha value is -2.14. The summed E-state index contributed by atoms with van der Waals surface area (Å²) >= 11 is 0. The molecule has 0 atom stereocenters. The molecule has 1 aromatic heterocycles. The number of carbonyl (C=O) groups excluding carboxylic acids is 1. The third kappa shape index (κ3) is 3.04. The van der Waals surface area contributed by atoms with Gasteiger partial charge in [-0.05, 0) is 49.1 Å². The summed E-state index contributed by atoms with van der Waals surface area (Å²) in [4.78, 5) is 27.0. The average molecular weight is 300 g/mol. The predicted octanol–water partition coefficient (Wildman–Crippen LogP) is 1.81. The number of rotatable bonds is 3. The van der Waals surface area contributed by atoms with Crippen LogP contribution >= 0.6 is 0 Å². The van der Waals surface area contributed by atoms with Gasteiger partial charge in [0.2, 0.25) is 0 Å². The first-order valence-corrected chi connectivity index (χ1v) is 7.71. The third-order valence-corrected chi connectivity index (χ3v) is 4.44. The maximum absolute atomic E-state index is 12.3. The largest absolute Gasteiger partial charge is 0.396 e. The Kier molecular flexibility index (Phi) is 4.24. The van der Waals surface area contributed by atoms with Crippen molar-refractivity contribution in [3.8, 4) is 0 Å². The van der Waals surface area contributed by atoms with Gasteiger partial charge in [0.1, 0.15) is 5.69 Å². The molecule has 1 aromatic carbocycles. The van der Waals surface area contributed by atoms with E-state index in [9.17, 15) is 9.59 Å². The van der Waals surface area contributed by atoms with E-state index >= 15 is 0 Å². The van der Waals surface area contributed by atoms with Crippen molar-refractivity contribution in [2.75, 3.05) is 6.61 Å². The number of aliphatic hydroxyl groups excluding tert-OH is 1. The molecule has 1 heterocycles. The molecule has 5 heteroatoms. The Balaban J connectivity index is 1.74. The number of aliphatic hydroxyl groups is 1. The molecule has 0 bridgehead atoms. The Morgan fingerprint density at radius 2 is 1.95 bits per heavy atom. The molecule has 1 fully saturated rings. The third-order valence-electron chi connectivity index (χ3n) is 4.44. The van der Waals surface area contributed by atoms with Crippen LogP contribution in [0.25, 0.3) is 10.8 Å². The fourth-order valence-electron chi connectivity index (χ4n) is 3.09. The first-order valence-electron chi connectivity index (χ1n) is 7.71. The minimum absolute atomic E-state index is 0.116. The molecule has 1 aliphatic rings. The van der Waals surface area contributed by atoms with Gasteiger partial charge in [-0.1, -0.05) is 18.2 Å². The van der Waals surface area contributed by atoms with E-state index < -0.39 is 0 Å². The average Bonchev–Trinajstić information content (AvgIpc) is 2.55. The monoisotopic (exact) mass is 300 g/mol. The van der Waals surface area contributed by atoms with Gasteiger partial charge in [-0.25, -0.2) is 0 Å². The first-order chi connectivity index (χ1) is 10.7. The molecule has 116 valence electrons. The van der Waals surface area contributed by atoms with Crippen molar-refractivity contribution in [3.63, 3.8) is 0 Å². The first kappa shape index (κ1) is 14.8. The van der Waals surface area contributed by atoms with E-state index in [2.05, 4.69) is 10.3 Å². The molecule has 2 aromatic rings. The van der Waals surface area contributed by atoms with E-state index in [4.69, 9.17) is 5.11 Å². The molecule has 3 rings (SSSR count). The molecule has 1 saturated carbocycles. The molecule has 1 aliphatic carbocycles. The zero-order chi connectivity index (χ0) is 15.5. The van der Waals surface area contributed by atoms with E-state index in [0.717, 1.165) is 31.1 Å². The number of amides is 1. The van der Waals surface area contributed by atoms with Crippen LogP contribution in [0.5, 0.6) is 0 Å². The van der Waals surface area contributed by atoms with Crippen LogP contribution in [0.4, 0.5) is 0 Å². The molecular weight excluding hydrogens is 280 g/mol. The lowest BCUT2D eigenvalue weighted by Gasteiger charge is -2.27. The second-order valence-corrected chi connectivity index (χ2v) is 5.97. The zero-order valence-electron chi connectivity index (χ0n) is 12.3. The summed E-state index contributed by atoms with van der Waals surface area (Å²) in [5.74, 6) is 0.115. The van der Waals surface area contributed by atoms with Gasteiger partial charge in [-0.3, -0.25) is 9.59 Å². The van der Waals surface area contributed by atoms with Crippen LogP contribution in [-0.2, 0) is 0 Å². The van der Waals surface area contributed by atoms with E-state index in [1.807, 2.05) is 12.1 Å². The van der Waals surface area contributed by atoms with Gasteiger partial charge >= 0.3 is 0 Å². The number of fused-ring (bicyclic) bond motifs is 1. The molecule has 0 saturated heterocycles. The highest BCUT2D eigenvalue weighted by Crippen LogP contribution is 2.23. The fourth-order valence-corrected chi connectivity index (χ4v) is 3.09. The van der Waals surface area contributed by atoms with Crippen molar-refractivity contribution in [3.05, 3.63) is 46.4 Å². The summed E-state index contributed by atoms with van der Waals surface area (Å²) in [5, 5.41) is 13.5. The summed E-state index contributed by atoms with van der Waals surface area (Å²) in [5.41, 5.74) is 0.0558. The number of hydrogen-bond donors (Lipinski definition) is 3. The summed E-state index contributed by atoms with van der Waals surface area (Å²) in [6, 6.07) is 9.05. The van der Waals surface area contributed by atoms with Gasteiger partial charge in [-0.2, -0.15) is 0 Å². The highest BCUT2D eigenvalue weighted by molar-refractivity contribution is 5.96. The van der Waals surface area contributed by atoms with Crippen molar-refractivity contribution < 1.29 is 9.90 Å². The number of H-pyrrole nitrogens is 1. The number of carbonyl (C=O) groups is 1. The predicted molar refractivity (Wildman–Crippen MR) is 84.9 cm³/mol. The quantitative estimate of drug-likeness (QED) is 0.808. The van der Waals surface area contributed by atoms with Gasteiger partial charge in [-0.15, -0.1) is 0 Å². The second-order valence-electron chi connectivity index (χ2n) is 5.97.